The molecule has 1 aromatic carbocycles. The SMILES string of the molecule is CC(CN1CCOCC1)Nc1ccc(Br)cc1C#N. The number of rotatable bonds is 4. The summed E-state index contributed by atoms with van der Waals surface area (Å²) >= 11 is 3.38. The van der Waals surface area contributed by atoms with Gasteiger partial charge in [0.2, 0.25) is 0 Å². The summed E-state index contributed by atoms with van der Waals surface area (Å²) in [4.78, 5) is 2.38. The molecule has 0 bridgehead atoms. The molecule has 1 aromatic rings. The van der Waals surface area contributed by atoms with Crippen LogP contribution in [0.4, 0.5) is 5.69 Å². The molecule has 0 amide bonds. The normalized spacial score (nSPS) is 17.7. The summed E-state index contributed by atoms with van der Waals surface area (Å²) in [6.07, 6.45) is 0. The largest absolute Gasteiger partial charge is 0.380 e. The van der Waals surface area contributed by atoms with Crippen LogP contribution in [0.1, 0.15) is 12.5 Å². The van der Waals surface area contributed by atoms with E-state index in [0.717, 1.165) is 43.0 Å². The Morgan fingerprint density at radius 3 is 2.89 bits per heavy atom. The summed E-state index contributed by atoms with van der Waals surface area (Å²) in [5.41, 5.74) is 1.56. The van der Waals surface area contributed by atoms with Crippen LogP contribution in [0.25, 0.3) is 0 Å². The number of nitriles is 1. The maximum absolute atomic E-state index is 9.14. The highest BCUT2D eigenvalue weighted by Crippen LogP contribution is 2.21. The lowest BCUT2D eigenvalue weighted by Gasteiger charge is -2.29. The zero-order valence-electron chi connectivity index (χ0n) is 11.0. The smallest absolute Gasteiger partial charge is 0.101 e. The first-order valence-electron chi connectivity index (χ1n) is 6.45. The van der Waals surface area contributed by atoms with E-state index in [1.54, 1.807) is 0 Å². The lowest BCUT2D eigenvalue weighted by molar-refractivity contribution is 0.0368. The quantitative estimate of drug-likeness (QED) is 0.924. The molecule has 0 aliphatic carbocycles. The molecular weight excluding hydrogens is 306 g/mol. The zero-order chi connectivity index (χ0) is 13.7. The van der Waals surface area contributed by atoms with Gasteiger partial charge in [-0.15, -0.1) is 0 Å². The molecule has 1 unspecified atom stereocenters. The van der Waals surface area contributed by atoms with Crippen LogP contribution in [0, 0.1) is 11.3 Å². The molecule has 1 atom stereocenters. The van der Waals surface area contributed by atoms with Gasteiger partial charge in [-0.05, 0) is 25.1 Å². The summed E-state index contributed by atoms with van der Waals surface area (Å²) in [6.45, 7) is 6.70. The minimum Gasteiger partial charge on any atom is -0.380 e. The van der Waals surface area contributed by atoms with E-state index in [4.69, 9.17) is 10.00 Å². The molecule has 1 N–H and O–H groups in total. The van der Waals surface area contributed by atoms with Crippen molar-refractivity contribution in [2.45, 2.75) is 13.0 Å². The van der Waals surface area contributed by atoms with E-state index in [0.29, 0.717) is 11.6 Å². The molecule has 102 valence electrons. The molecule has 1 saturated heterocycles. The Labute approximate surface area is 122 Å². The Hall–Kier alpha value is -1.09. The predicted molar refractivity (Wildman–Crippen MR) is 79.2 cm³/mol. The van der Waals surface area contributed by atoms with Crippen molar-refractivity contribution < 1.29 is 4.74 Å². The van der Waals surface area contributed by atoms with Gasteiger partial charge in [0.1, 0.15) is 6.07 Å². The maximum Gasteiger partial charge on any atom is 0.101 e. The van der Waals surface area contributed by atoms with E-state index in [2.05, 4.69) is 39.1 Å². The monoisotopic (exact) mass is 323 g/mol. The third kappa shape index (κ3) is 4.20. The van der Waals surface area contributed by atoms with Crippen LogP contribution in [0.5, 0.6) is 0 Å². The fourth-order valence-corrected chi connectivity index (χ4v) is 2.58. The van der Waals surface area contributed by atoms with Crippen LogP contribution in [0.15, 0.2) is 22.7 Å². The molecule has 0 aromatic heterocycles. The number of nitrogens with zero attached hydrogens (tertiary/aromatic N) is 2. The van der Waals surface area contributed by atoms with E-state index < -0.39 is 0 Å². The second kappa shape index (κ2) is 6.90. The average Bonchev–Trinajstić information content (AvgIpc) is 2.42. The van der Waals surface area contributed by atoms with E-state index in [1.165, 1.54) is 0 Å². The zero-order valence-corrected chi connectivity index (χ0v) is 12.6. The number of hydrogen-bond donors (Lipinski definition) is 1. The van der Waals surface area contributed by atoms with E-state index in [-0.39, 0.29) is 0 Å². The average molecular weight is 324 g/mol. The molecule has 1 fully saturated rings. The second-order valence-corrected chi connectivity index (χ2v) is 5.68. The molecular formula is C14H18BrN3O. The Kier molecular flexibility index (Phi) is 5.20. The van der Waals surface area contributed by atoms with Crippen LogP contribution >= 0.6 is 15.9 Å². The number of hydrogen-bond acceptors (Lipinski definition) is 4. The first-order chi connectivity index (χ1) is 9.19. The molecule has 1 aliphatic rings. The Bertz CT molecular complexity index is 466. The lowest BCUT2D eigenvalue weighted by atomic mass is 10.1. The maximum atomic E-state index is 9.14. The molecule has 0 radical (unpaired) electrons. The first kappa shape index (κ1) is 14.3. The highest BCUT2D eigenvalue weighted by molar-refractivity contribution is 9.10. The van der Waals surface area contributed by atoms with Gasteiger partial charge in [0.05, 0.1) is 24.5 Å². The summed E-state index contributed by atoms with van der Waals surface area (Å²) < 4.78 is 6.27. The third-order valence-electron chi connectivity index (χ3n) is 3.14. The number of halogens is 1. The third-order valence-corrected chi connectivity index (χ3v) is 3.63. The van der Waals surface area contributed by atoms with Gasteiger partial charge in [-0.1, -0.05) is 15.9 Å². The summed E-state index contributed by atoms with van der Waals surface area (Å²) in [5, 5.41) is 12.5. The fraction of sp³-hybridized carbons (Fsp3) is 0.500. The number of benzene rings is 1. The summed E-state index contributed by atoms with van der Waals surface area (Å²) in [5.74, 6) is 0. The number of ether oxygens (including phenoxy) is 1. The summed E-state index contributed by atoms with van der Waals surface area (Å²) in [7, 11) is 0. The lowest BCUT2D eigenvalue weighted by Crippen LogP contribution is -2.42. The van der Waals surface area contributed by atoms with Crippen molar-refractivity contribution in [3.63, 3.8) is 0 Å². The van der Waals surface area contributed by atoms with Gasteiger partial charge >= 0.3 is 0 Å². The highest BCUT2D eigenvalue weighted by Gasteiger charge is 2.14. The van der Waals surface area contributed by atoms with E-state index >= 15 is 0 Å². The van der Waals surface area contributed by atoms with Crippen LogP contribution in [-0.2, 0) is 4.74 Å². The first-order valence-corrected chi connectivity index (χ1v) is 7.24. The summed E-state index contributed by atoms with van der Waals surface area (Å²) in [6, 6.07) is 8.25. The Morgan fingerprint density at radius 2 is 2.21 bits per heavy atom. The van der Waals surface area contributed by atoms with Crippen molar-refractivity contribution >= 4 is 21.6 Å². The van der Waals surface area contributed by atoms with Crippen molar-refractivity contribution in [1.29, 1.82) is 5.26 Å². The Morgan fingerprint density at radius 1 is 1.47 bits per heavy atom. The molecule has 1 heterocycles. The van der Waals surface area contributed by atoms with Crippen molar-refractivity contribution in [3.8, 4) is 6.07 Å². The molecule has 4 nitrogen and oxygen atoms in total. The van der Waals surface area contributed by atoms with Gasteiger partial charge in [0.15, 0.2) is 0 Å². The molecule has 5 heteroatoms. The fourth-order valence-electron chi connectivity index (χ4n) is 2.22. The number of anilines is 1. The highest BCUT2D eigenvalue weighted by atomic mass is 79.9. The minimum absolute atomic E-state index is 0.298. The second-order valence-electron chi connectivity index (χ2n) is 4.76. The number of nitrogens with one attached hydrogen (secondary N) is 1. The van der Waals surface area contributed by atoms with Gasteiger partial charge in [-0.3, -0.25) is 4.90 Å². The van der Waals surface area contributed by atoms with Crippen LogP contribution in [0.2, 0.25) is 0 Å². The van der Waals surface area contributed by atoms with Crippen molar-refractivity contribution in [2.24, 2.45) is 0 Å². The van der Waals surface area contributed by atoms with Crippen molar-refractivity contribution in [3.05, 3.63) is 28.2 Å². The van der Waals surface area contributed by atoms with E-state index in [9.17, 15) is 0 Å². The van der Waals surface area contributed by atoms with Gasteiger partial charge in [-0.2, -0.15) is 5.26 Å². The van der Waals surface area contributed by atoms with Crippen LogP contribution in [-0.4, -0.2) is 43.8 Å². The molecule has 1 aliphatic heterocycles. The van der Waals surface area contributed by atoms with Crippen LogP contribution < -0.4 is 5.32 Å². The van der Waals surface area contributed by atoms with Gasteiger partial charge in [0.25, 0.3) is 0 Å². The van der Waals surface area contributed by atoms with E-state index in [1.807, 2.05) is 18.2 Å². The van der Waals surface area contributed by atoms with Gasteiger partial charge < -0.3 is 10.1 Å². The molecule has 2 rings (SSSR count). The predicted octanol–water partition coefficient (Wildman–Crippen LogP) is 2.45. The number of morpholine rings is 1. The minimum atomic E-state index is 0.298. The standard InChI is InChI=1S/C14H18BrN3O/c1-11(10-18-4-6-19-7-5-18)17-14-3-2-13(15)8-12(14)9-16/h2-3,8,11,17H,4-7,10H2,1H3. The van der Waals surface area contributed by atoms with Crippen molar-refractivity contribution in [2.75, 3.05) is 38.2 Å². The van der Waals surface area contributed by atoms with Gasteiger partial charge in [-0.25, -0.2) is 0 Å². The topological polar surface area (TPSA) is 48.3 Å². The molecule has 19 heavy (non-hydrogen) atoms. The Balaban J connectivity index is 1.94. The molecule has 0 saturated carbocycles. The van der Waals surface area contributed by atoms with Crippen molar-refractivity contribution in [1.82, 2.24) is 4.90 Å². The van der Waals surface area contributed by atoms with Gasteiger partial charge in [0, 0.05) is 30.1 Å². The van der Waals surface area contributed by atoms with Crippen LogP contribution in [0.3, 0.4) is 0 Å². The molecule has 0 spiro atoms.